The van der Waals surface area contributed by atoms with E-state index in [9.17, 15) is 17.9 Å². The Bertz CT molecular complexity index is 372. The van der Waals surface area contributed by atoms with Crippen LogP contribution in [0.25, 0.3) is 0 Å². The van der Waals surface area contributed by atoms with Gasteiger partial charge in [0.05, 0.1) is 0 Å². The molecule has 1 aromatic rings. The van der Waals surface area contributed by atoms with E-state index >= 15 is 0 Å². The van der Waals surface area contributed by atoms with Crippen molar-refractivity contribution < 1.29 is 17.9 Å². The van der Waals surface area contributed by atoms with Crippen LogP contribution in [0.3, 0.4) is 0 Å². The summed E-state index contributed by atoms with van der Waals surface area (Å²) >= 11 is 2.88. The molecule has 0 N–H and O–H groups in total. The van der Waals surface area contributed by atoms with Gasteiger partial charge in [0, 0.05) is 4.47 Å². The van der Waals surface area contributed by atoms with Gasteiger partial charge >= 0.3 is 0 Å². The van der Waals surface area contributed by atoms with Crippen molar-refractivity contribution in [2.24, 2.45) is 0 Å². The van der Waals surface area contributed by atoms with Gasteiger partial charge in [0.1, 0.15) is 17.3 Å². The molecule has 0 saturated heterocycles. The molecule has 0 saturated carbocycles. The molecule has 3 nitrogen and oxygen atoms in total. The maximum Gasteiger partial charge on any atom is 0.172 e. The molecule has 0 aliphatic rings. The molecule has 0 aliphatic carbocycles. The third-order valence-electron chi connectivity index (χ3n) is 1.43. The first-order valence-electron chi connectivity index (χ1n) is 3.26. The summed E-state index contributed by atoms with van der Waals surface area (Å²) < 4.78 is 34.2. The molecule has 0 bridgehead atoms. The van der Waals surface area contributed by atoms with Crippen molar-refractivity contribution in [1.82, 2.24) is 0 Å². The minimum Gasteiger partial charge on any atom is -0.232 e. The Labute approximate surface area is 84.3 Å². The van der Waals surface area contributed by atoms with Crippen molar-refractivity contribution in [2.75, 3.05) is 0 Å². The van der Waals surface area contributed by atoms with Crippen molar-refractivity contribution in [1.29, 1.82) is 0 Å². The molecule has 0 heterocycles. The van der Waals surface area contributed by atoms with Gasteiger partial charge in [-0.15, -0.1) is 0 Å². The first-order chi connectivity index (χ1) is 6.06. The normalized spacial score (nSPS) is 10.8. The van der Waals surface area contributed by atoms with Crippen molar-refractivity contribution in [3.8, 4) is 0 Å². The highest BCUT2D eigenvalue weighted by molar-refractivity contribution is 9.10. The zero-order chi connectivity index (χ0) is 10.0. The van der Waals surface area contributed by atoms with Gasteiger partial charge in [-0.2, -0.15) is 0 Å². The fourth-order valence-corrected chi connectivity index (χ4v) is 2.27. The monoisotopic (exact) mass is 267 g/mol. The Kier molecular flexibility index (Phi) is 3.40. The predicted molar refractivity (Wildman–Crippen MR) is 47.1 cm³/mol. The van der Waals surface area contributed by atoms with Gasteiger partial charge in [-0.3, -0.25) is 0 Å². The molecule has 1 radical (unpaired) electrons. The fraction of sp³-hybridized carbons (Fsp3) is 0.143. The van der Waals surface area contributed by atoms with E-state index in [0.717, 1.165) is 6.07 Å². The number of benzene rings is 1. The molecule has 6 heteroatoms. The average molecular weight is 268 g/mol. The number of thiol groups is 1. The Morgan fingerprint density at radius 2 is 2.00 bits per heavy atom. The Morgan fingerprint density at radius 3 is 2.38 bits per heavy atom. The number of hydrogen-bond donors (Lipinski definition) is 1. The molecule has 1 aromatic carbocycles. The van der Waals surface area contributed by atoms with Crippen molar-refractivity contribution in [3.05, 3.63) is 28.0 Å². The lowest BCUT2D eigenvalue weighted by atomic mass is 10.2. The summed E-state index contributed by atoms with van der Waals surface area (Å²) in [5, 5.41) is 10.4. The summed E-state index contributed by atoms with van der Waals surface area (Å²) in [5.41, 5.74) is 0.213. The van der Waals surface area contributed by atoms with Crippen LogP contribution in [-0.2, 0) is 22.4 Å². The Hall–Kier alpha value is -0.460. The second-order valence-electron chi connectivity index (χ2n) is 2.31. The van der Waals surface area contributed by atoms with E-state index in [4.69, 9.17) is 0 Å². The van der Waals surface area contributed by atoms with Gasteiger partial charge in [-0.25, -0.2) is 17.9 Å². The fourth-order valence-electron chi connectivity index (χ4n) is 0.876. The Morgan fingerprint density at radius 1 is 1.38 bits per heavy atom. The molecule has 0 spiro atoms. The molecule has 71 valence electrons. The third-order valence-corrected chi connectivity index (χ3v) is 3.18. The van der Waals surface area contributed by atoms with Gasteiger partial charge in [0.2, 0.25) is 0 Å². The molecule has 0 aromatic heterocycles. The van der Waals surface area contributed by atoms with Crippen molar-refractivity contribution >= 4 is 26.6 Å². The van der Waals surface area contributed by atoms with Gasteiger partial charge in [0.25, 0.3) is 0 Å². The van der Waals surface area contributed by atoms with Crippen LogP contribution in [0.15, 0.2) is 21.5 Å². The highest BCUT2D eigenvalue weighted by Crippen LogP contribution is 2.23. The standard InChI is InChI=1S/C7H5BrFO3S/c8-5-1-4(3-10)2-6(9)7(5)13(11)12/h1-2,13H,3H2. The predicted octanol–water partition coefficient (Wildman–Crippen LogP) is 1.49. The van der Waals surface area contributed by atoms with E-state index in [0.29, 0.717) is 0 Å². The maximum absolute atomic E-state index is 13.0. The molecule has 0 aliphatic heterocycles. The van der Waals surface area contributed by atoms with Crippen LogP contribution in [0.4, 0.5) is 4.39 Å². The van der Waals surface area contributed by atoms with E-state index < -0.39 is 28.0 Å². The van der Waals surface area contributed by atoms with E-state index in [1.54, 1.807) is 0 Å². The minimum atomic E-state index is -2.98. The molecular formula is C7H5BrFO3S. The summed E-state index contributed by atoms with van der Waals surface area (Å²) in [6.07, 6.45) is 0. The average Bonchev–Trinajstić information content (AvgIpc) is 2.02. The van der Waals surface area contributed by atoms with Crippen molar-refractivity contribution in [3.63, 3.8) is 0 Å². The summed E-state index contributed by atoms with van der Waals surface area (Å²) in [4.78, 5) is -0.410. The molecule has 0 unspecified atom stereocenters. The lowest BCUT2D eigenvalue weighted by Crippen LogP contribution is -1.93. The van der Waals surface area contributed by atoms with E-state index in [1.165, 1.54) is 6.07 Å². The van der Waals surface area contributed by atoms with Gasteiger partial charge in [0.15, 0.2) is 10.7 Å². The summed E-state index contributed by atoms with van der Waals surface area (Å²) in [5.74, 6) is -0.892. The summed E-state index contributed by atoms with van der Waals surface area (Å²) in [6.45, 7) is -0.578. The van der Waals surface area contributed by atoms with Gasteiger partial charge in [-0.1, -0.05) is 0 Å². The molecule has 0 atom stereocenters. The molecular weight excluding hydrogens is 263 g/mol. The number of rotatable bonds is 2. The second-order valence-corrected chi connectivity index (χ2v) is 4.13. The third kappa shape index (κ3) is 2.26. The van der Waals surface area contributed by atoms with Crippen LogP contribution in [0.2, 0.25) is 0 Å². The number of hydrogen-bond acceptors (Lipinski definition) is 2. The zero-order valence-electron chi connectivity index (χ0n) is 6.29. The van der Waals surface area contributed by atoms with E-state index in [-0.39, 0.29) is 10.0 Å². The molecule has 0 amide bonds. The van der Waals surface area contributed by atoms with Gasteiger partial charge in [-0.05, 0) is 33.6 Å². The van der Waals surface area contributed by atoms with Crippen LogP contribution in [-0.4, -0.2) is 8.42 Å². The molecule has 13 heavy (non-hydrogen) atoms. The minimum absolute atomic E-state index is 0.0921. The molecule has 1 rings (SSSR count). The summed E-state index contributed by atoms with van der Waals surface area (Å²) in [7, 11) is -2.98. The largest absolute Gasteiger partial charge is 0.232 e. The van der Waals surface area contributed by atoms with Gasteiger partial charge < -0.3 is 0 Å². The lowest BCUT2D eigenvalue weighted by molar-refractivity contribution is 0.177. The Balaban J connectivity index is 3.39. The first-order valence-corrected chi connectivity index (χ1v) is 5.23. The first kappa shape index (κ1) is 10.6. The second kappa shape index (κ2) is 4.17. The van der Waals surface area contributed by atoms with Crippen LogP contribution in [0.1, 0.15) is 5.56 Å². The van der Waals surface area contributed by atoms with E-state index in [1.807, 2.05) is 0 Å². The smallest absolute Gasteiger partial charge is 0.172 e. The molecule has 0 fully saturated rings. The maximum atomic E-state index is 13.0. The van der Waals surface area contributed by atoms with Crippen LogP contribution < -0.4 is 0 Å². The highest BCUT2D eigenvalue weighted by Gasteiger charge is 2.11. The zero-order valence-corrected chi connectivity index (χ0v) is 8.77. The highest BCUT2D eigenvalue weighted by atomic mass is 79.9. The van der Waals surface area contributed by atoms with Crippen LogP contribution in [0, 0.1) is 5.82 Å². The van der Waals surface area contributed by atoms with Crippen molar-refractivity contribution in [2.45, 2.75) is 11.5 Å². The number of halogens is 2. The SMILES string of the molecule is [O]Cc1cc(F)c([SH](=O)=O)c(Br)c1. The lowest BCUT2D eigenvalue weighted by Gasteiger charge is -2.01. The van der Waals surface area contributed by atoms with Crippen LogP contribution in [0.5, 0.6) is 0 Å². The summed E-state index contributed by atoms with van der Waals surface area (Å²) in [6, 6.07) is 2.23. The van der Waals surface area contributed by atoms with E-state index in [2.05, 4.69) is 15.9 Å². The topological polar surface area (TPSA) is 54.0 Å². The van der Waals surface area contributed by atoms with Crippen LogP contribution >= 0.6 is 15.9 Å². The quantitative estimate of drug-likeness (QED) is 0.826.